The maximum Gasteiger partial charge on any atom is 0.236 e. The first-order chi connectivity index (χ1) is 15.2. The lowest BCUT2D eigenvalue weighted by Gasteiger charge is -2.35. The molecule has 5 rings (SSSR count). The summed E-state index contributed by atoms with van der Waals surface area (Å²) in [5.74, 6) is 1.82. The molecular formula is C22H25N5O3S. The van der Waals surface area contributed by atoms with Gasteiger partial charge < -0.3 is 14.5 Å². The average molecular weight is 440 g/mol. The molecule has 0 saturated carbocycles. The van der Waals surface area contributed by atoms with Crippen molar-refractivity contribution in [1.29, 1.82) is 0 Å². The number of thiophene rings is 1. The van der Waals surface area contributed by atoms with E-state index in [-0.39, 0.29) is 12.0 Å². The molecule has 8 nitrogen and oxygen atoms in total. The number of anilines is 1. The fourth-order valence-corrected chi connectivity index (χ4v) is 4.91. The highest BCUT2D eigenvalue weighted by atomic mass is 32.1. The predicted octanol–water partition coefficient (Wildman–Crippen LogP) is 2.72. The highest BCUT2D eigenvalue weighted by Crippen LogP contribution is 2.31. The molecule has 162 valence electrons. The summed E-state index contributed by atoms with van der Waals surface area (Å²) in [6.45, 7) is 6.43. The third kappa shape index (κ3) is 4.28. The third-order valence-electron chi connectivity index (χ3n) is 5.89. The van der Waals surface area contributed by atoms with Crippen LogP contribution in [0.4, 0.5) is 5.82 Å². The number of ether oxygens (including phenoxy) is 1. The van der Waals surface area contributed by atoms with E-state index in [9.17, 15) is 4.79 Å². The van der Waals surface area contributed by atoms with Gasteiger partial charge in [0, 0.05) is 50.4 Å². The summed E-state index contributed by atoms with van der Waals surface area (Å²) >= 11 is 1.66. The highest BCUT2D eigenvalue weighted by Gasteiger charge is 2.29. The number of fused-ring (bicyclic) bond motifs is 1. The Bertz CT molecular complexity index is 1030. The number of para-hydroxylation sites is 1. The van der Waals surface area contributed by atoms with Gasteiger partial charge in [0.1, 0.15) is 17.5 Å². The van der Waals surface area contributed by atoms with Gasteiger partial charge in [0.25, 0.3) is 0 Å². The first kappa shape index (κ1) is 20.0. The number of piperazine rings is 1. The van der Waals surface area contributed by atoms with Crippen LogP contribution in [0, 0.1) is 6.92 Å². The number of benzene rings is 1. The Hall–Kier alpha value is -2.91. The molecule has 2 aromatic heterocycles. The average Bonchev–Trinajstić information content (AvgIpc) is 3.43. The Balaban J connectivity index is 1.25. The summed E-state index contributed by atoms with van der Waals surface area (Å²) in [4.78, 5) is 19.4. The quantitative estimate of drug-likeness (QED) is 0.619. The summed E-state index contributed by atoms with van der Waals surface area (Å²) in [6, 6.07) is 10.2. The Morgan fingerprint density at radius 2 is 2.00 bits per heavy atom. The summed E-state index contributed by atoms with van der Waals surface area (Å²) in [5.41, 5.74) is 3.05. The predicted molar refractivity (Wildman–Crippen MR) is 117 cm³/mol. The minimum absolute atomic E-state index is 0.0813. The van der Waals surface area contributed by atoms with Crippen molar-refractivity contribution in [3.8, 4) is 5.75 Å². The number of aryl methyl sites for hydroxylation is 1. The van der Waals surface area contributed by atoms with Gasteiger partial charge in [-0.1, -0.05) is 23.4 Å². The van der Waals surface area contributed by atoms with Gasteiger partial charge in [-0.2, -0.15) is 11.3 Å². The molecule has 3 aromatic rings. The van der Waals surface area contributed by atoms with E-state index in [1.165, 1.54) is 0 Å². The van der Waals surface area contributed by atoms with Crippen LogP contribution in [-0.2, 0) is 11.3 Å². The van der Waals surface area contributed by atoms with Crippen molar-refractivity contribution < 1.29 is 14.2 Å². The lowest BCUT2D eigenvalue weighted by atomic mass is 10.2. The number of aromatic nitrogens is 2. The number of nitrogens with zero attached hydrogens (tertiary/aromatic N) is 5. The van der Waals surface area contributed by atoms with Gasteiger partial charge in [0.15, 0.2) is 5.82 Å². The van der Waals surface area contributed by atoms with Crippen molar-refractivity contribution >= 4 is 23.1 Å². The van der Waals surface area contributed by atoms with Gasteiger partial charge in [0.05, 0.1) is 6.54 Å². The van der Waals surface area contributed by atoms with E-state index in [1.54, 1.807) is 11.3 Å². The van der Waals surface area contributed by atoms with E-state index >= 15 is 0 Å². The molecule has 31 heavy (non-hydrogen) atoms. The van der Waals surface area contributed by atoms with E-state index in [2.05, 4.69) is 43.0 Å². The molecule has 0 aliphatic carbocycles. The van der Waals surface area contributed by atoms with Gasteiger partial charge in [0.2, 0.25) is 5.91 Å². The number of amides is 1. The van der Waals surface area contributed by atoms with Crippen LogP contribution >= 0.6 is 11.3 Å². The zero-order valence-electron chi connectivity index (χ0n) is 17.4. The topological polar surface area (TPSA) is 74.9 Å². The lowest BCUT2D eigenvalue weighted by molar-refractivity contribution is -0.133. The van der Waals surface area contributed by atoms with Gasteiger partial charge in [-0.15, -0.1) is 0 Å². The highest BCUT2D eigenvalue weighted by molar-refractivity contribution is 7.07. The van der Waals surface area contributed by atoms with Crippen molar-refractivity contribution in [2.24, 2.45) is 0 Å². The van der Waals surface area contributed by atoms with Crippen LogP contribution in [0.15, 0.2) is 45.7 Å². The molecule has 4 heterocycles. The molecule has 1 amide bonds. The maximum atomic E-state index is 13.1. The van der Waals surface area contributed by atoms with Gasteiger partial charge >= 0.3 is 0 Å². The van der Waals surface area contributed by atoms with E-state index in [1.807, 2.05) is 30.0 Å². The number of hydrogen-bond donors (Lipinski definition) is 0. The summed E-state index contributed by atoms with van der Waals surface area (Å²) in [6.07, 6.45) is -0.0813. The van der Waals surface area contributed by atoms with Crippen LogP contribution in [-0.4, -0.2) is 65.3 Å². The van der Waals surface area contributed by atoms with E-state index in [0.717, 1.165) is 41.5 Å². The van der Waals surface area contributed by atoms with Gasteiger partial charge in [-0.3, -0.25) is 9.69 Å². The first-order valence-corrected chi connectivity index (χ1v) is 11.4. The fourth-order valence-electron chi connectivity index (χ4n) is 4.20. The second-order valence-corrected chi connectivity index (χ2v) is 8.76. The molecule has 1 unspecified atom stereocenters. The Morgan fingerprint density at radius 3 is 2.74 bits per heavy atom. The van der Waals surface area contributed by atoms with Crippen LogP contribution in [0.3, 0.4) is 0 Å². The summed E-state index contributed by atoms with van der Waals surface area (Å²) in [5, 5.41) is 12.0. The van der Waals surface area contributed by atoms with E-state index < -0.39 is 0 Å². The van der Waals surface area contributed by atoms with Gasteiger partial charge in [-0.25, -0.2) is 4.63 Å². The number of carbonyl (C=O) groups is 1. The first-order valence-electron chi connectivity index (χ1n) is 10.5. The fraction of sp³-hybridized carbons (Fsp3) is 0.409. The molecule has 0 radical (unpaired) electrons. The molecule has 0 bridgehead atoms. The maximum absolute atomic E-state index is 13.1. The van der Waals surface area contributed by atoms with Crippen LogP contribution in [0.25, 0.3) is 0 Å². The van der Waals surface area contributed by atoms with Crippen LogP contribution in [0.2, 0.25) is 0 Å². The normalized spacial score (nSPS) is 19.6. The molecular weight excluding hydrogens is 414 g/mol. The SMILES string of the molecule is Cc1nonc1N1CCN(C(=O)CN2Cc3ccccc3OC(c3ccsc3)C2)CC1. The smallest absolute Gasteiger partial charge is 0.236 e. The van der Waals surface area contributed by atoms with Crippen molar-refractivity contribution in [2.45, 2.75) is 19.6 Å². The monoisotopic (exact) mass is 439 g/mol. The van der Waals surface area contributed by atoms with Crippen LogP contribution in [0.1, 0.15) is 22.9 Å². The summed E-state index contributed by atoms with van der Waals surface area (Å²) in [7, 11) is 0. The van der Waals surface area contributed by atoms with Crippen molar-refractivity contribution in [3.05, 3.63) is 57.9 Å². The molecule has 2 aliphatic rings. The molecule has 0 N–H and O–H groups in total. The Morgan fingerprint density at radius 1 is 1.16 bits per heavy atom. The van der Waals surface area contributed by atoms with Crippen molar-refractivity contribution in [1.82, 2.24) is 20.1 Å². The standard InChI is InChI=1S/C22H25N5O3S/c1-16-22(24-30-23-16)27-9-7-26(8-10-27)21(28)14-25-12-17-4-2-3-5-19(17)29-20(13-25)18-6-11-31-15-18/h2-6,11,15,20H,7-10,12-14H2,1H3. The van der Waals surface area contributed by atoms with E-state index in [0.29, 0.717) is 32.7 Å². The minimum atomic E-state index is -0.0813. The van der Waals surface area contributed by atoms with Crippen LogP contribution < -0.4 is 9.64 Å². The molecule has 9 heteroatoms. The van der Waals surface area contributed by atoms with Crippen molar-refractivity contribution in [2.75, 3.05) is 44.2 Å². The van der Waals surface area contributed by atoms with Crippen LogP contribution in [0.5, 0.6) is 5.75 Å². The summed E-state index contributed by atoms with van der Waals surface area (Å²) < 4.78 is 11.2. The third-order valence-corrected chi connectivity index (χ3v) is 6.60. The minimum Gasteiger partial charge on any atom is -0.484 e. The second kappa shape index (κ2) is 8.68. The molecule has 1 atom stereocenters. The Kier molecular flexibility index (Phi) is 5.61. The molecule has 1 saturated heterocycles. The lowest BCUT2D eigenvalue weighted by Crippen LogP contribution is -2.51. The molecule has 1 aromatic carbocycles. The zero-order valence-corrected chi connectivity index (χ0v) is 18.3. The number of carbonyl (C=O) groups excluding carboxylic acids is 1. The molecule has 1 fully saturated rings. The molecule has 2 aliphatic heterocycles. The second-order valence-electron chi connectivity index (χ2n) is 7.98. The zero-order chi connectivity index (χ0) is 21.2. The van der Waals surface area contributed by atoms with Gasteiger partial charge in [-0.05, 0) is 35.0 Å². The number of rotatable bonds is 4. The van der Waals surface area contributed by atoms with Crippen molar-refractivity contribution in [3.63, 3.8) is 0 Å². The van der Waals surface area contributed by atoms with E-state index in [4.69, 9.17) is 9.37 Å². The largest absolute Gasteiger partial charge is 0.484 e. The number of hydrogen-bond acceptors (Lipinski definition) is 8. The Labute approximate surface area is 185 Å². The molecule has 0 spiro atoms.